The van der Waals surface area contributed by atoms with E-state index >= 15 is 0 Å². The van der Waals surface area contributed by atoms with E-state index in [-0.39, 0.29) is 23.0 Å². The van der Waals surface area contributed by atoms with E-state index in [1.165, 1.54) is 6.07 Å². The highest BCUT2D eigenvalue weighted by Gasteiger charge is 2.25. The average molecular weight is 268 g/mol. The zero-order chi connectivity index (χ0) is 14.0. The molecule has 2 atom stereocenters. The second-order valence-electron chi connectivity index (χ2n) is 4.79. The molecule has 0 radical (unpaired) electrons. The van der Waals surface area contributed by atoms with Crippen LogP contribution >= 0.6 is 0 Å². The Morgan fingerprint density at radius 3 is 2.68 bits per heavy atom. The first-order chi connectivity index (χ1) is 9.00. The molecule has 104 valence electrons. The fraction of sp³-hybridized carbons (Fsp3) is 0.462. The number of nitrogens with one attached hydrogen (secondary N) is 1. The van der Waals surface area contributed by atoms with Gasteiger partial charge in [0.25, 0.3) is 0 Å². The van der Waals surface area contributed by atoms with Gasteiger partial charge in [0.15, 0.2) is 0 Å². The predicted molar refractivity (Wildman–Crippen MR) is 69.7 cm³/mol. The Morgan fingerprint density at radius 2 is 2.05 bits per heavy atom. The van der Waals surface area contributed by atoms with Crippen molar-refractivity contribution in [1.82, 2.24) is 0 Å². The summed E-state index contributed by atoms with van der Waals surface area (Å²) in [4.78, 5) is 11.2. The molecule has 0 bridgehead atoms. The second-order valence-corrected chi connectivity index (χ2v) is 4.79. The lowest BCUT2D eigenvalue weighted by Gasteiger charge is -2.29. The molecular weight excluding hydrogens is 251 g/mol. The molecule has 5 nitrogen and oxygen atoms in total. The lowest BCUT2D eigenvalue weighted by molar-refractivity contribution is 0.0697. The van der Waals surface area contributed by atoms with Crippen molar-refractivity contribution in [2.45, 2.75) is 37.8 Å². The zero-order valence-corrected chi connectivity index (χ0v) is 10.4. The smallest absolute Gasteiger partial charge is 0.340 e. The average Bonchev–Trinajstić information content (AvgIpc) is 2.36. The molecule has 0 heterocycles. The number of nitrogen functional groups attached to an aromatic ring is 1. The van der Waals surface area contributed by atoms with Crippen LogP contribution < -0.4 is 11.1 Å². The van der Waals surface area contributed by atoms with Crippen molar-refractivity contribution in [3.63, 3.8) is 0 Å². The summed E-state index contributed by atoms with van der Waals surface area (Å²) >= 11 is 0. The van der Waals surface area contributed by atoms with E-state index in [4.69, 9.17) is 10.8 Å². The predicted octanol–water partition coefficient (Wildman–Crippen LogP) is 1.82. The van der Waals surface area contributed by atoms with Crippen LogP contribution in [0.3, 0.4) is 0 Å². The molecule has 1 aromatic carbocycles. The number of rotatable bonds is 3. The Balaban J connectivity index is 2.29. The summed E-state index contributed by atoms with van der Waals surface area (Å²) in [5.41, 5.74) is 5.05. The quantitative estimate of drug-likeness (QED) is 0.627. The highest BCUT2D eigenvalue weighted by atomic mass is 19.1. The number of carbonyl (C=O) groups is 1. The SMILES string of the molecule is Nc1c(F)ccc(NC2CCCCC2O)c1C(=O)O. The lowest BCUT2D eigenvalue weighted by atomic mass is 9.92. The van der Waals surface area contributed by atoms with E-state index < -0.39 is 17.9 Å². The van der Waals surface area contributed by atoms with Gasteiger partial charge in [-0.25, -0.2) is 9.18 Å². The summed E-state index contributed by atoms with van der Waals surface area (Å²) in [7, 11) is 0. The zero-order valence-electron chi connectivity index (χ0n) is 10.4. The normalized spacial score (nSPS) is 23.1. The molecule has 0 aliphatic heterocycles. The molecule has 5 N–H and O–H groups in total. The Bertz CT molecular complexity index is 493. The van der Waals surface area contributed by atoms with Gasteiger partial charge in [-0.15, -0.1) is 0 Å². The van der Waals surface area contributed by atoms with Crippen molar-refractivity contribution in [2.24, 2.45) is 0 Å². The van der Waals surface area contributed by atoms with Gasteiger partial charge in [0.2, 0.25) is 0 Å². The molecule has 1 saturated carbocycles. The number of carboxylic acid groups (broad SMARTS) is 1. The monoisotopic (exact) mass is 268 g/mol. The third-order valence-corrected chi connectivity index (χ3v) is 3.48. The van der Waals surface area contributed by atoms with Gasteiger partial charge in [-0.1, -0.05) is 12.8 Å². The number of hydrogen-bond donors (Lipinski definition) is 4. The van der Waals surface area contributed by atoms with Crippen molar-refractivity contribution in [1.29, 1.82) is 0 Å². The van der Waals surface area contributed by atoms with Crippen molar-refractivity contribution in [3.8, 4) is 0 Å². The Morgan fingerprint density at radius 1 is 1.37 bits per heavy atom. The number of halogens is 1. The van der Waals surface area contributed by atoms with Crippen LogP contribution in [0.15, 0.2) is 12.1 Å². The molecule has 1 aliphatic carbocycles. The maximum absolute atomic E-state index is 13.3. The van der Waals surface area contributed by atoms with Gasteiger partial charge in [0.1, 0.15) is 11.4 Å². The number of aliphatic hydroxyl groups is 1. The summed E-state index contributed by atoms with van der Waals surface area (Å²) in [6.07, 6.45) is 2.82. The van der Waals surface area contributed by atoms with Crippen molar-refractivity contribution in [2.75, 3.05) is 11.1 Å². The summed E-state index contributed by atoms with van der Waals surface area (Å²) in [6.45, 7) is 0. The van der Waals surface area contributed by atoms with Gasteiger partial charge in [-0.05, 0) is 25.0 Å². The van der Waals surface area contributed by atoms with Gasteiger partial charge in [0.05, 0.1) is 23.5 Å². The molecule has 19 heavy (non-hydrogen) atoms. The van der Waals surface area contributed by atoms with Crippen LogP contribution in [-0.2, 0) is 0 Å². The van der Waals surface area contributed by atoms with Crippen LogP contribution in [0, 0.1) is 5.82 Å². The molecule has 1 fully saturated rings. The molecule has 1 aromatic rings. The van der Waals surface area contributed by atoms with Gasteiger partial charge >= 0.3 is 5.97 Å². The molecule has 2 unspecified atom stereocenters. The van der Waals surface area contributed by atoms with Crippen LogP contribution in [0.5, 0.6) is 0 Å². The number of benzene rings is 1. The maximum Gasteiger partial charge on any atom is 0.340 e. The Hall–Kier alpha value is -1.82. The number of hydrogen-bond acceptors (Lipinski definition) is 4. The van der Waals surface area contributed by atoms with Crippen molar-refractivity contribution in [3.05, 3.63) is 23.5 Å². The molecule has 0 aromatic heterocycles. The fourth-order valence-electron chi connectivity index (χ4n) is 2.42. The van der Waals surface area contributed by atoms with Crippen LogP contribution in [0.25, 0.3) is 0 Å². The molecule has 0 saturated heterocycles. The van der Waals surface area contributed by atoms with E-state index in [1.807, 2.05) is 0 Å². The van der Waals surface area contributed by atoms with E-state index in [0.717, 1.165) is 25.3 Å². The van der Waals surface area contributed by atoms with E-state index in [2.05, 4.69) is 5.32 Å². The number of aromatic carboxylic acids is 1. The lowest BCUT2D eigenvalue weighted by Crippen LogP contribution is -2.36. The molecule has 0 spiro atoms. The molecule has 6 heteroatoms. The minimum atomic E-state index is -1.29. The number of carboxylic acids is 1. The molecular formula is C13H17FN2O3. The molecule has 1 aliphatic rings. The van der Waals surface area contributed by atoms with E-state index in [0.29, 0.717) is 6.42 Å². The van der Waals surface area contributed by atoms with Crippen molar-refractivity contribution >= 4 is 17.3 Å². The standard InChI is InChI=1S/C13H17FN2O3/c14-7-5-6-9(11(12(7)15)13(18)19)16-8-3-1-2-4-10(8)17/h5-6,8,10,16-17H,1-4,15H2,(H,18,19). The Kier molecular flexibility index (Phi) is 3.90. The first-order valence-corrected chi connectivity index (χ1v) is 6.26. The topological polar surface area (TPSA) is 95.6 Å². The van der Waals surface area contributed by atoms with Crippen LogP contribution in [0.4, 0.5) is 15.8 Å². The molecule has 2 rings (SSSR count). The summed E-state index contributed by atoms with van der Waals surface area (Å²) < 4.78 is 13.3. The van der Waals surface area contributed by atoms with E-state index in [1.54, 1.807) is 0 Å². The van der Waals surface area contributed by atoms with Crippen molar-refractivity contribution < 1.29 is 19.4 Å². The number of nitrogens with two attached hydrogens (primary N) is 1. The number of aliphatic hydroxyl groups excluding tert-OH is 1. The number of anilines is 2. The fourth-order valence-corrected chi connectivity index (χ4v) is 2.42. The third kappa shape index (κ3) is 2.78. The minimum absolute atomic E-state index is 0.225. The minimum Gasteiger partial charge on any atom is -0.478 e. The highest BCUT2D eigenvalue weighted by molar-refractivity contribution is 6.00. The maximum atomic E-state index is 13.3. The van der Waals surface area contributed by atoms with Crippen LogP contribution in [0.2, 0.25) is 0 Å². The first kappa shape index (κ1) is 13.6. The van der Waals surface area contributed by atoms with Crippen LogP contribution in [0.1, 0.15) is 36.0 Å². The summed E-state index contributed by atoms with van der Waals surface area (Å²) in [5, 5.41) is 22.0. The third-order valence-electron chi connectivity index (χ3n) is 3.48. The summed E-state index contributed by atoms with van der Waals surface area (Å²) in [5.74, 6) is -2.04. The first-order valence-electron chi connectivity index (χ1n) is 6.26. The summed E-state index contributed by atoms with van der Waals surface area (Å²) in [6, 6.07) is 2.24. The largest absolute Gasteiger partial charge is 0.478 e. The van der Waals surface area contributed by atoms with Gasteiger partial charge in [-0.3, -0.25) is 0 Å². The van der Waals surface area contributed by atoms with Gasteiger partial charge in [-0.2, -0.15) is 0 Å². The highest BCUT2D eigenvalue weighted by Crippen LogP contribution is 2.28. The van der Waals surface area contributed by atoms with Crippen LogP contribution in [-0.4, -0.2) is 28.3 Å². The Labute approximate surface area is 110 Å². The van der Waals surface area contributed by atoms with Gasteiger partial charge in [0, 0.05) is 0 Å². The van der Waals surface area contributed by atoms with Gasteiger partial charge < -0.3 is 21.3 Å². The van der Waals surface area contributed by atoms with E-state index in [9.17, 15) is 14.3 Å². The molecule has 0 amide bonds. The second kappa shape index (κ2) is 5.44.